The fourth-order valence-electron chi connectivity index (χ4n) is 1.02. The normalized spacial score (nSPS) is 15.7. The van der Waals surface area contributed by atoms with Crippen LogP contribution in [-0.2, 0) is 0 Å². The van der Waals surface area contributed by atoms with Crippen LogP contribution in [0.15, 0.2) is 0 Å². The van der Waals surface area contributed by atoms with E-state index in [1.807, 2.05) is 0 Å². The van der Waals surface area contributed by atoms with Crippen LogP contribution in [0.5, 0.6) is 0 Å². The van der Waals surface area contributed by atoms with E-state index >= 15 is 0 Å². The molecule has 0 amide bonds. The number of rotatable bonds is 5. The lowest BCUT2D eigenvalue weighted by Crippen LogP contribution is -2.46. The molecule has 0 saturated heterocycles. The van der Waals surface area contributed by atoms with Gasteiger partial charge in [0.2, 0.25) is 0 Å². The van der Waals surface area contributed by atoms with Crippen LogP contribution < -0.4 is 0 Å². The minimum Gasteiger partial charge on any atom is -0.138 e. The average molecular weight is 421 g/mol. The first-order chi connectivity index (χ1) is 5.60. The van der Waals surface area contributed by atoms with Crippen molar-refractivity contribution in [1.82, 2.24) is 0 Å². The Morgan fingerprint density at radius 3 is 2.33 bits per heavy atom. The first-order valence-electron chi connectivity index (χ1n) is 4.03. The van der Waals surface area contributed by atoms with Crippen molar-refractivity contribution in [1.29, 1.82) is 0 Å². The van der Waals surface area contributed by atoms with Crippen LogP contribution >= 0.6 is 45.2 Å². The average Bonchev–Trinajstić information content (AvgIpc) is 2.05. The molecule has 0 aromatic carbocycles. The topological polar surface area (TPSA) is 0 Å². The summed E-state index contributed by atoms with van der Waals surface area (Å²) >= 11 is 4.92. The van der Waals surface area contributed by atoms with Crippen LogP contribution in [0, 0.1) is 12.0 Å². The maximum atomic E-state index is 5.66. The first kappa shape index (κ1) is 13.5. The molecule has 0 spiro atoms. The Kier molecular flexibility index (Phi) is 7.67. The predicted molar refractivity (Wildman–Crippen MR) is 79.5 cm³/mol. The molecule has 0 saturated carbocycles. The predicted octanol–water partition coefficient (Wildman–Crippen LogP) is 3.31. The van der Waals surface area contributed by atoms with Crippen LogP contribution in [0.25, 0.3) is 0 Å². The summed E-state index contributed by atoms with van der Waals surface area (Å²) < 4.78 is 2.53. The molecule has 0 aliphatic carbocycles. The van der Waals surface area contributed by atoms with Crippen molar-refractivity contribution in [3.63, 3.8) is 0 Å². The molecule has 0 aliphatic rings. The highest BCUT2D eigenvalue weighted by molar-refractivity contribution is 14.1. The molecule has 0 nitrogen and oxygen atoms in total. The minimum absolute atomic E-state index is 0.200. The third kappa shape index (κ3) is 4.11. The second-order valence-corrected chi connectivity index (χ2v) is 16.7. The maximum Gasteiger partial charge on any atom is 0.124 e. The summed E-state index contributed by atoms with van der Waals surface area (Å²) in [6.45, 7) is 4.83. The van der Waals surface area contributed by atoms with Crippen LogP contribution in [0.2, 0.25) is 25.2 Å². The molecule has 12 heavy (non-hydrogen) atoms. The second-order valence-electron chi connectivity index (χ2n) is 3.13. The Bertz CT molecular complexity index is 167. The van der Waals surface area contributed by atoms with E-state index in [1.54, 1.807) is 0 Å². The number of hydrogen-bond donors (Lipinski definition) is 0. The quantitative estimate of drug-likeness (QED) is 0.277. The van der Waals surface area contributed by atoms with Gasteiger partial charge < -0.3 is 0 Å². The molecule has 69 valence electrons. The molecule has 4 heteroatoms. The van der Waals surface area contributed by atoms with Crippen LogP contribution in [-0.4, -0.2) is 24.8 Å². The van der Waals surface area contributed by atoms with Gasteiger partial charge in [-0.1, -0.05) is 64.3 Å². The van der Waals surface area contributed by atoms with Crippen molar-refractivity contribution < 1.29 is 0 Å². The lowest BCUT2D eigenvalue weighted by Gasteiger charge is -2.25. The van der Waals surface area contributed by atoms with Gasteiger partial charge in [0, 0.05) is 0 Å². The van der Waals surface area contributed by atoms with Crippen molar-refractivity contribution >= 4 is 61.1 Å². The van der Waals surface area contributed by atoms with Gasteiger partial charge in [-0.05, 0) is 14.9 Å². The zero-order valence-electron chi connectivity index (χ0n) is 7.66. The Balaban J connectivity index is 4.21. The summed E-state index contributed by atoms with van der Waals surface area (Å²) in [5.41, 5.74) is 3.14. The largest absolute Gasteiger partial charge is 0.138 e. The molecule has 0 aromatic heterocycles. The Hall–Kier alpha value is 1.45. The van der Waals surface area contributed by atoms with Gasteiger partial charge in [0.15, 0.2) is 0 Å². The fraction of sp³-hybridized carbons (Fsp3) is 0.750. The highest BCUT2D eigenvalue weighted by Gasteiger charge is 2.31. The number of hydrogen-bond acceptors (Lipinski definition) is 0. The lowest BCUT2D eigenvalue weighted by molar-refractivity contribution is 1.44. The van der Waals surface area contributed by atoms with Gasteiger partial charge in [0.1, 0.15) is 7.59 Å². The van der Waals surface area contributed by atoms with Crippen molar-refractivity contribution in [2.45, 2.75) is 25.2 Å². The summed E-state index contributed by atoms with van der Waals surface area (Å²) in [5, 5.41) is 0. The summed E-state index contributed by atoms with van der Waals surface area (Å²) in [6.07, 6.45) is 5.66. The molecule has 1 unspecified atom stereocenters. The third-order valence-corrected chi connectivity index (χ3v) is 17.8. The van der Waals surface area contributed by atoms with Gasteiger partial charge in [0.05, 0.1) is 8.31 Å². The molecule has 0 fully saturated rings. The van der Waals surface area contributed by atoms with E-state index in [9.17, 15) is 0 Å². The molecular formula is C8H15I2Si2. The maximum absolute atomic E-state index is 5.66. The van der Waals surface area contributed by atoms with E-state index in [2.05, 4.69) is 63.8 Å². The van der Waals surface area contributed by atoms with Gasteiger partial charge in [-0.3, -0.25) is 0 Å². The van der Waals surface area contributed by atoms with E-state index in [1.165, 1.54) is 20.9 Å². The SMILES string of the molecule is C#C[Si](C)(CCI)[Si](C)CCI. The van der Waals surface area contributed by atoms with Crippen LogP contribution in [0.4, 0.5) is 0 Å². The Labute approximate surface area is 106 Å². The van der Waals surface area contributed by atoms with E-state index in [4.69, 9.17) is 6.42 Å². The van der Waals surface area contributed by atoms with E-state index in [0.717, 1.165) is 0 Å². The summed E-state index contributed by atoms with van der Waals surface area (Å²) in [4.78, 5) is 0. The van der Waals surface area contributed by atoms with E-state index < -0.39 is 7.59 Å². The molecule has 0 aromatic rings. The third-order valence-electron chi connectivity index (χ3n) is 2.32. The molecule has 1 atom stereocenters. The Morgan fingerprint density at radius 1 is 1.42 bits per heavy atom. The van der Waals surface area contributed by atoms with E-state index in [0.29, 0.717) is 0 Å². The number of alkyl halides is 2. The lowest BCUT2D eigenvalue weighted by atomic mass is 11.0. The molecule has 0 heterocycles. The highest BCUT2D eigenvalue weighted by atomic mass is 127. The summed E-state index contributed by atoms with van der Waals surface area (Å²) in [6, 6.07) is 2.72. The highest BCUT2D eigenvalue weighted by Crippen LogP contribution is 2.17. The van der Waals surface area contributed by atoms with Gasteiger partial charge >= 0.3 is 0 Å². The zero-order valence-corrected chi connectivity index (χ0v) is 14.0. The summed E-state index contributed by atoms with van der Waals surface area (Å²) in [7, 11) is -1.43. The molecule has 0 N–H and O–H groups in total. The van der Waals surface area contributed by atoms with Crippen LogP contribution in [0.1, 0.15) is 0 Å². The van der Waals surface area contributed by atoms with Crippen molar-refractivity contribution in [2.24, 2.45) is 0 Å². The molecule has 0 bridgehead atoms. The molecule has 0 rings (SSSR count). The fourth-order valence-corrected chi connectivity index (χ4v) is 16.2. The van der Waals surface area contributed by atoms with Crippen LogP contribution in [0.3, 0.4) is 0 Å². The molecular weight excluding hydrogens is 406 g/mol. The monoisotopic (exact) mass is 421 g/mol. The van der Waals surface area contributed by atoms with Gasteiger partial charge in [-0.2, -0.15) is 0 Å². The minimum atomic E-state index is -1.23. The number of terminal acetylenes is 1. The van der Waals surface area contributed by atoms with Crippen molar-refractivity contribution in [3.8, 4) is 12.0 Å². The molecule has 1 radical (unpaired) electrons. The van der Waals surface area contributed by atoms with Crippen molar-refractivity contribution in [2.75, 3.05) is 8.86 Å². The number of halogens is 2. The van der Waals surface area contributed by atoms with E-state index in [-0.39, 0.29) is 8.31 Å². The standard InChI is InChI=1S/C8H15I2Si2/c1-4-12(3,8-6-10)11(2)7-5-9/h1H,5-8H2,2-3H3. The summed E-state index contributed by atoms with van der Waals surface area (Å²) in [5.74, 6) is 0. The van der Waals surface area contributed by atoms with Gasteiger partial charge in [-0.15, -0.1) is 12.0 Å². The van der Waals surface area contributed by atoms with Crippen molar-refractivity contribution in [3.05, 3.63) is 0 Å². The molecule has 0 aliphatic heterocycles. The Morgan fingerprint density at radius 2 is 2.00 bits per heavy atom. The smallest absolute Gasteiger partial charge is 0.124 e. The zero-order chi connectivity index (χ0) is 9.61. The van der Waals surface area contributed by atoms with Gasteiger partial charge in [0.25, 0.3) is 0 Å². The second kappa shape index (κ2) is 6.84. The first-order valence-corrected chi connectivity index (χ1v) is 13.0. The van der Waals surface area contributed by atoms with Gasteiger partial charge in [-0.25, -0.2) is 0 Å².